The van der Waals surface area contributed by atoms with Crippen molar-refractivity contribution in [3.8, 4) is 6.07 Å². The van der Waals surface area contributed by atoms with Crippen molar-refractivity contribution in [2.75, 3.05) is 0 Å². The molecule has 2 heterocycles. The number of hydrogen-bond acceptors (Lipinski definition) is 5. The third-order valence-electron chi connectivity index (χ3n) is 3.54. The van der Waals surface area contributed by atoms with Gasteiger partial charge in [0.2, 0.25) is 0 Å². The molecule has 3 rings (SSSR count). The zero-order valence-electron chi connectivity index (χ0n) is 12.5. The smallest absolute Gasteiger partial charge is 0.357 e. The molecule has 1 aromatic carbocycles. The van der Waals surface area contributed by atoms with Gasteiger partial charge in [0.05, 0.1) is 11.1 Å². The van der Waals surface area contributed by atoms with Crippen LogP contribution in [-0.2, 0) is 11.3 Å². The van der Waals surface area contributed by atoms with Gasteiger partial charge in [-0.25, -0.2) is 9.78 Å². The van der Waals surface area contributed by atoms with E-state index in [4.69, 9.17) is 10.00 Å². The van der Waals surface area contributed by atoms with Gasteiger partial charge in [-0.3, -0.25) is 4.98 Å². The Labute approximate surface area is 133 Å². The molecule has 0 saturated heterocycles. The quantitative estimate of drug-likeness (QED) is 0.695. The molecule has 0 atom stereocenters. The predicted octanol–water partition coefficient (Wildman–Crippen LogP) is 3.17. The Morgan fingerprint density at radius 1 is 1.26 bits per heavy atom. The maximum atomic E-state index is 12.1. The van der Waals surface area contributed by atoms with Crippen LogP contribution >= 0.6 is 0 Å². The molecule has 0 fully saturated rings. The number of carbonyl (C=O) groups excluding carboxylic acids is 1. The molecule has 112 valence electrons. The number of nitriles is 1. The summed E-state index contributed by atoms with van der Waals surface area (Å²) in [5.41, 5.74) is 3.08. The van der Waals surface area contributed by atoms with Gasteiger partial charge >= 0.3 is 5.97 Å². The van der Waals surface area contributed by atoms with Crippen molar-refractivity contribution in [2.45, 2.75) is 13.5 Å². The number of ether oxygens (including phenoxy) is 1. The number of fused-ring (bicyclic) bond motifs is 1. The first-order valence-electron chi connectivity index (χ1n) is 7.05. The summed E-state index contributed by atoms with van der Waals surface area (Å²) in [6, 6.07) is 13.0. The molecule has 0 N–H and O–H groups in total. The van der Waals surface area contributed by atoms with E-state index in [1.165, 1.54) is 6.20 Å². The van der Waals surface area contributed by atoms with Gasteiger partial charge in [0.15, 0.2) is 0 Å². The van der Waals surface area contributed by atoms with Gasteiger partial charge in [0.1, 0.15) is 18.4 Å². The standard InChI is InChI=1S/C18H13N3O2/c1-12-8-17(21-10-14(12)9-19)18(22)23-11-13-4-2-6-16-15(13)5-3-7-20-16/h2-8,10H,11H2,1H3. The minimum Gasteiger partial charge on any atom is -0.456 e. The number of hydrogen-bond donors (Lipinski definition) is 0. The SMILES string of the molecule is Cc1cc(C(=O)OCc2cccc3ncccc23)ncc1C#N. The molecule has 3 aromatic rings. The van der Waals surface area contributed by atoms with Crippen LogP contribution in [0.3, 0.4) is 0 Å². The van der Waals surface area contributed by atoms with Crippen LogP contribution in [-0.4, -0.2) is 15.9 Å². The number of esters is 1. The van der Waals surface area contributed by atoms with Gasteiger partial charge < -0.3 is 4.74 Å². The molecule has 0 aliphatic rings. The van der Waals surface area contributed by atoms with Gasteiger partial charge in [0, 0.05) is 17.8 Å². The van der Waals surface area contributed by atoms with E-state index in [9.17, 15) is 4.79 Å². The van der Waals surface area contributed by atoms with Crippen LogP contribution in [0.25, 0.3) is 10.9 Å². The summed E-state index contributed by atoms with van der Waals surface area (Å²) >= 11 is 0. The Bertz CT molecular complexity index is 924. The molecule has 0 bridgehead atoms. The fraction of sp³-hybridized carbons (Fsp3) is 0.111. The molecule has 0 spiro atoms. The Balaban J connectivity index is 1.79. The average Bonchev–Trinajstić information content (AvgIpc) is 2.59. The summed E-state index contributed by atoms with van der Waals surface area (Å²) in [6.45, 7) is 1.90. The largest absolute Gasteiger partial charge is 0.456 e. The second-order valence-corrected chi connectivity index (χ2v) is 5.06. The van der Waals surface area contributed by atoms with E-state index in [-0.39, 0.29) is 12.3 Å². The lowest BCUT2D eigenvalue weighted by Gasteiger charge is -2.08. The van der Waals surface area contributed by atoms with E-state index < -0.39 is 5.97 Å². The fourth-order valence-corrected chi connectivity index (χ4v) is 2.29. The molecule has 0 aliphatic carbocycles. The molecular formula is C18H13N3O2. The summed E-state index contributed by atoms with van der Waals surface area (Å²) in [5.74, 6) is -0.515. The van der Waals surface area contributed by atoms with Crippen LogP contribution in [0.15, 0.2) is 48.8 Å². The Kier molecular flexibility index (Phi) is 3.98. The highest BCUT2D eigenvalue weighted by Crippen LogP contribution is 2.18. The molecule has 0 saturated carbocycles. The van der Waals surface area contributed by atoms with Crippen LogP contribution in [0.4, 0.5) is 0 Å². The first-order chi connectivity index (χ1) is 11.2. The molecule has 0 unspecified atom stereocenters. The highest BCUT2D eigenvalue weighted by Gasteiger charge is 2.12. The van der Waals surface area contributed by atoms with Crippen molar-refractivity contribution in [2.24, 2.45) is 0 Å². The van der Waals surface area contributed by atoms with Gasteiger partial charge in [-0.1, -0.05) is 18.2 Å². The molecule has 23 heavy (non-hydrogen) atoms. The Morgan fingerprint density at radius 2 is 2.13 bits per heavy atom. The summed E-state index contributed by atoms with van der Waals surface area (Å²) in [6.07, 6.45) is 3.11. The number of benzene rings is 1. The monoisotopic (exact) mass is 303 g/mol. The zero-order valence-corrected chi connectivity index (χ0v) is 12.5. The minimum atomic E-state index is -0.515. The fourth-order valence-electron chi connectivity index (χ4n) is 2.29. The van der Waals surface area contributed by atoms with Crippen LogP contribution in [0.1, 0.15) is 27.2 Å². The molecule has 0 amide bonds. The second-order valence-electron chi connectivity index (χ2n) is 5.06. The van der Waals surface area contributed by atoms with Crippen LogP contribution in [0.5, 0.6) is 0 Å². The summed E-state index contributed by atoms with van der Waals surface area (Å²) < 4.78 is 5.34. The normalized spacial score (nSPS) is 10.3. The van der Waals surface area contributed by atoms with Gasteiger partial charge in [0.25, 0.3) is 0 Å². The van der Waals surface area contributed by atoms with Crippen molar-refractivity contribution in [1.82, 2.24) is 9.97 Å². The average molecular weight is 303 g/mol. The number of nitrogens with zero attached hydrogens (tertiary/aromatic N) is 3. The van der Waals surface area contributed by atoms with Crippen molar-refractivity contribution in [1.29, 1.82) is 5.26 Å². The number of carbonyl (C=O) groups is 1. The third-order valence-corrected chi connectivity index (χ3v) is 3.54. The first-order valence-corrected chi connectivity index (χ1v) is 7.05. The van der Waals surface area contributed by atoms with E-state index in [2.05, 4.69) is 9.97 Å². The minimum absolute atomic E-state index is 0.141. The van der Waals surface area contributed by atoms with Crippen LogP contribution in [0.2, 0.25) is 0 Å². The van der Waals surface area contributed by atoms with Gasteiger partial charge in [-0.05, 0) is 36.2 Å². The first kappa shape index (κ1) is 14.7. The lowest BCUT2D eigenvalue weighted by Crippen LogP contribution is -2.08. The zero-order chi connectivity index (χ0) is 16.2. The lowest BCUT2D eigenvalue weighted by atomic mass is 10.1. The van der Waals surface area contributed by atoms with Gasteiger partial charge in [-0.15, -0.1) is 0 Å². The molecule has 0 aliphatic heterocycles. The maximum absolute atomic E-state index is 12.1. The summed E-state index contributed by atoms with van der Waals surface area (Å²) in [4.78, 5) is 20.4. The molecule has 5 heteroatoms. The summed E-state index contributed by atoms with van der Waals surface area (Å²) in [7, 11) is 0. The molecule has 0 radical (unpaired) electrons. The van der Waals surface area contributed by atoms with Gasteiger partial charge in [-0.2, -0.15) is 5.26 Å². The van der Waals surface area contributed by atoms with E-state index in [1.807, 2.05) is 36.4 Å². The highest BCUT2D eigenvalue weighted by molar-refractivity contribution is 5.88. The van der Waals surface area contributed by atoms with Crippen molar-refractivity contribution >= 4 is 16.9 Å². The lowest BCUT2D eigenvalue weighted by molar-refractivity contribution is 0.0467. The van der Waals surface area contributed by atoms with Crippen LogP contribution < -0.4 is 0 Å². The number of rotatable bonds is 3. The summed E-state index contributed by atoms with van der Waals surface area (Å²) in [5, 5.41) is 9.84. The van der Waals surface area contributed by atoms with Crippen molar-refractivity contribution < 1.29 is 9.53 Å². The van der Waals surface area contributed by atoms with Crippen molar-refractivity contribution in [3.05, 3.63) is 71.2 Å². The van der Waals surface area contributed by atoms with E-state index >= 15 is 0 Å². The van der Waals surface area contributed by atoms with E-state index in [0.717, 1.165) is 16.5 Å². The third kappa shape index (κ3) is 3.01. The molecule has 2 aromatic heterocycles. The molecular weight excluding hydrogens is 290 g/mol. The molecule has 5 nitrogen and oxygen atoms in total. The Morgan fingerprint density at radius 3 is 2.91 bits per heavy atom. The number of aryl methyl sites for hydroxylation is 1. The van der Waals surface area contributed by atoms with Crippen molar-refractivity contribution in [3.63, 3.8) is 0 Å². The predicted molar refractivity (Wildman–Crippen MR) is 84.6 cm³/mol. The van der Waals surface area contributed by atoms with E-state index in [1.54, 1.807) is 19.2 Å². The second kappa shape index (κ2) is 6.24. The number of aromatic nitrogens is 2. The Hall–Kier alpha value is -3.26. The highest BCUT2D eigenvalue weighted by atomic mass is 16.5. The maximum Gasteiger partial charge on any atom is 0.357 e. The number of pyridine rings is 2. The van der Waals surface area contributed by atoms with Crippen LogP contribution in [0, 0.1) is 18.3 Å². The van der Waals surface area contributed by atoms with E-state index in [0.29, 0.717) is 11.1 Å². The topological polar surface area (TPSA) is 75.9 Å².